The highest BCUT2D eigenvalue weighted by Gasteiger charge is 2.77. The van der Waals surface area contributed by atoms with Gasteiger partial charge in [0.05, 0.1) is 31.4 Å². The molecule has 2 saturated carbocycles. The number of hydrogen-bond acceptors (Lipinski definition) is 12. The van der Waals surface area contributed by atoms with Gasteiger partial charge in [-0.3, -0.25) is 24.0 Å². The minimum absolute atomic E-state index is 0.0312. The Kier molecular flexibility index (Phi) is 12.0. The Labute approximate surface area is 385 Å². The molecule has 0 aromatic heterocycles. The summed E-state index contributed by atoms with van der Waals surface area (Å²) in [5, 5.41) is 15.0. The van der Waals surface area contributed by atoms with Crippen molar-refractivity contribution in [3.05, 3.63) is 113 Å². The van der Waals surface area contributed by atoms with Crippen LogP contribution in [0.1, 0.15) is 87.1 Å². The van der Waals surface area contributed by atoms with Crippen molar-refractivity contribution in [3.8, 4) is 0 Å². The molecule has 2 amide bonds. The van der Waals surface area contributed by atoms with Crippen LogP contribution in [0, 0.1) is 11.3 Å². The third-order valence-electron chi connectivity index (χ3n) is 14.7. The van der Waals surface area contributed by atoms with Crippen LogP contribution in [-0.4, -0.2) is 119 Å². The SMILES string of the molecule is CN(C(=O)C12CC3OC(=O)C1N(Cc1ccccc1C=CC1CCC4OC4C1)OC2C1OC2(Cc4ccccc4C2)OC31)C(Cc1ccccc1)C(=O)NC(CO)CCC(=O)OC(C)(C)C. The fraction of sp³-hybridized carbons (Fsp3) is 0.538. The van der Waals surface area contributed by atoms with Crippen LogP contribution in [-0.2, 0) is 73.5 Å². The topological polar surface area (TPSA) is 166 Å². The molecule has 1 spiro atoms. The Bertz CT molecular complexity index is 2340. The highest BCUT2D eigenvalue weighted by molar-refractivity contribution is 5.96. The van der Waals surface area contributed by atoms with Crippen molar-refractivity contribution < 1.29 is 52.8 Å². The number of aliphatic hydroxyl groups excluding tert-OH is 1. The second kappa shape index (κ2) is 17.6. The maximum atomic E-state index is 15.9. The van der Waals surface area contributed by atoms with E-state index in [0.29, 0.717) is 31.0 Å². The summed E-state index contributed by atoms with van der Waals surface area (Å²) < 4.78 is 31.5. The number of hydroxylamine groups is 2. The molecule has 4 heterocycles. The van der Waals surface area contributed by atoms with E-state index < -0.39 is 89.7 Å². The number of epoxide rings is 1. The van der Waals surface area contributed by atoms with Crippen molar-refractivity contribution in [2.45, 2.75) is 151 Å². The zero-order chi connectivity index (χ0) is 46.0. The molecular formula is C52H61N3O11. The van der Waals surface area contributed by atoms with E-state index in [1.54, 1.807) is 32.9 Å². The molecule has 3 aromatic rings. The van der Waals surface area contributed by atoms with Crippen LogP contribution in [0.5, 0.6) is 0 Å². The summed E-state index contributed by atoms with van der Waals surface area (Å²) in [6.07, 6.45) is 6.26. The van der Waals surface area contributed by atoms with E-state index in [1.807, 2.05) is 66.7 Å². The Balaban J connectivity index is 0.975. The number of likely N-dealkylation sites (N-methyl/N-ethyl adjacent to an activating group) is 1. The Morgan fingerprint density at radius 3 is 2.38 bits per heavy atom. The summed E-state index contributed by atoms with van der Waals surface area (Å²) in [7, 11) is 1.59. The van der Waals surface area contributed by atoms with Gasteiger partial charge >= 0.3 is 11.9 Å². The van der Waals surface area contributed by atoms with Crippen molar-refractivity contribution in [3.63, 3.8) is 0 Å². The number of allylic oxidation sites excluding steroid dienone is 1. The van der Waals surface area contributed by atoms with Gasteiger partial charge in [-0.25, -0.2) is 0 Å². The van der Waals surface area contributed by atoms with E-state index in [2.05, 4.69) is 29.6 Å². The van der Waals surface area contributed by atoms with Crippen LogP contribution in [0.2, 0.25) is 0 Å². The molecule has 4 aliphatic heterocycles. The van der Waals surface area contributed by atoms with Crippen LogP contribution in [0.25, 0.3) is 6.08 Å². The Hall–Kier alpha value is -4.96. The van der Waals surface area contributed by atoms with Crippen LogP contribution in [0.4, 0.5) is 0 Å². The number of ether oxygens (including phenoxy) is 5. The van der Waals surface area contributed by atoms with Gasteiger partial charge in [0.25, 0.3) is 0 Å². The zero-order valence-electron chi connectivity index (χ0n) is 38.1. The predicted molar refractivity (Wildman–Crippen MR) is 240 cm³/mol. The average molecular weight is 904 g/mol. The Morgan fingerprint density at radius 1 is 0.939 bits per heavy atom. The number of nitrogens with one attached hydrogen (secondary N) is 1. The number of carbonyl (C=O) groups is 4. The maximum Gasteiger partial charge on any atom is 0.327 e. The molecule has 7 aliphatic rings. The van der Waals surface area contributed by atoms with Crippen LogP contribution < -0.4 is 5.32 Å². The summed E-state index contributed by atoms with van der Waals surface area (Å²) >= 11 is 0. The largest absolute Gasteiger partial charge is 0.460 e. The number of esters is 2. The number of fused-ring (bicyclic) bond motifs is 6. The predicted octanol–water partition coefficient (Wildman–Crippen LogP) is 5.02. The number of amides is 2. The molecule has 350 valence electrons. The van der Waals surface area contributed by atoms with Gasteiger partial charge in [-0.2, -0.15) is 5.06 Å². The fourth-order valence-corrected chi connectivity index (χ4v) is 11.5. The van der Waals surface area contributed by atoms with Crippen molar-refractivity contribution in [2.75, 3.05) is 13.7 Å². The lowest BCUT2D eigenvalue weighted by Crippen LogP contribution is -2.70. The van der Waals surface area contributed by atoms with E-state index in [9.17, 15) is 19.5 Å². The van der Waals surface area contributed by atoms with Gasteiger partial charge in [-0.1, -0.05) is 91.0 Å². The molecule has 2 N–H and O–H groups in total. The van der Waals surface area contributed by atoms with Gasteiger partial charge in [-0.05, 0) is 80.2 Å². The number of rotatable bonds is 14. The van der Waals surface area contributed by atoms with Gasteiger partial charge in [0.2, 0.25) is 11.8 Å². The van der Waals surface area contributed by atoms with Crippen molar-refractivity contribution in [1.82, 2.24) is 15.3 Å². The molecule has 10 rings (SSSR count). The molecule has 3 aromatic carbocycles. The van der Waals surface area contributed by atoms with E-state index in [0.717, 1.165) is 47.1 Å². The molecule has 4 saturated heterocycles. The van der Waals surface area contributed by atoms with Gasteiger partial charge in [0, 0.05) is 39.2 Å². The highest BCUT2D eigenvalue weighted by Crippen LogP contribution is 2.59. The quantitative estimate of drug-likeness (QED) is 0.164. The smallest absolute Gasteiger partial charge is 0.327 e. The monoisotopic (exact) mass is 903 g/mol. The number of hydrogen-bond donors (Lipinski definition) is 2. The Morgan fingerprint density at radius 2 is 1.65 bits per heavy atom. The van der Waals surface area contributed by atoms with E-state index in [1.165, 1.54) is 4.90 Å². The lowest BCUT2D eigenvalue weighted by Gasteiger charge is -2.50. The van der Waals surface area contributed by atoms with Crippen LogP contribution >= 0.6 is 0 Å². The summed E-state index contributed by atoms with van der Waals surface area (Å²) in [6, 6.07) is 22.4. The van der Waals surface area contributed by atoms with Crippen LogP contribution in [0.3, 0.4) is 0 Å². The number of benzene rings is 3. The molecule has 6 fully saturated rings. The highest BCUT2D eigenvalue weighted by atomic mass is 16.8. The third-order valence-corrected chi connectivity index (χ3v) is 14.7. The first kappa shape index (κ1) is 44.9. The number of aliphatic hydroxyl groups is 1. The zero-order valence-corrected chi connectivity index (χ0v) is 38.1. The molecule has 11 unspecified atom stereocenters. The summed E-state index contributed by atoms with van der Waals surface area (Å²) in [4.78, 5) is 66.4. The lowest BCUT2D eigenvalue weighted by atomic mass is 9.62. The molecule has 3 aliphatic carbocycles. The first-order chi connectivity index (χ1) is 31.7. The summed E-state index contributed by atoms with van der Waals surface area (Å²) in [5.41, 5.74) is 2.65. The molecule has 14 heteroatoms. The summed E-state index contributed by atoms with van der Waals surface area (Å²) in [5.74, 6) is -2.67. The lowest BCUT2D eigenvalue weighted by molar-refractivity contribution is -0.218. The maximum absolute atomic E-state index is 15.9. The van der Waals surface area contributed by atoms with Gasteiger partial charge < -0.3 is 39.0 Å². The average Bonchev–Trinajstić information content (AvgIpc) is 3.64. The van der Waals surface area contributed by atoms with Crippen molar-refractivity contribution in [1.29, 1.82) is 0 Å². The van der Waals surface area contributed by atoms with Gasteiger partial charge in [0.1, 0.15) is 41.5 Å². The normalized spacial score (nSPS) is 31.1. The second-order valence-corrected chi connectivity index (χ2v) is 20.4. The van der Waals surface area contributed by atoms with E-state index in [4.69, 9.17) is 28.5 Å². The molecule has 11 atom stereocenters. The molecule has 14 nitrogen and oxygen atoms in total. The summed E-state index contributed by atoms with van der Waals surface area (Å²) in [6.45, 7) is 5.06. The molecular weight excluding hydrogens is 843 g/mol. The van der Waals surface area contributed by atoms with Gasteiger partial charge in [0.15, 0.2) is 11.8 Å². The minimum atomic E-state index is -1.55. The first-order valence-corrected chi connectivity index (χ1v) is 23.6. The van der Waals surface area contributed by atoms with Crippen LogP contribution in [0.15, 0.2) is 84.9 Å². The van der Waals surface area contributed by atoms with E-state index >= 15 is 4.79 Å². The molecule has 66 heavy (non-hydrogen) atoms. The van der Waals surface area contributed by atoms with Gasteiger partial charge in [-0.15, -0.1) is 0 Å². The minimum Gasteiger partial charge on any atom is -0.460 e. The molecule has 0 radical (unpaired) electrons. The fourth-order valence-electron chi connectivity index (χ4n) is 11.5. The number of nitrogens with zero attached hydrogens (tertiary/aromatic N) is 2. The second-order valence-electron chi connectivity index (χ2n) is 20.4. The number of carbonyl (C=O) groups excluding carboxylic acids is 4. The van der Waals surface area contributed by atoms with Crippen molar-refractivity contribution >= 4 is 29.8 Å². The third kappa shape index (κ3) is 8.60. The first-order valence-electron chi connectivity index (χ1n) is 23.6. The van der Waals surface area contributed by atoms with E-state index in [-0.39, 0.29) is 32.2 Å². The molecule has 2 bridgehead atoms. The van der Waals surface area contributed by atoms with Crippen molar-refractivity contribution in [2.24, 2.45) is 11.3 Å². The standard InChI is InChI=1S/C52H61N3O11/c1-50(2,3)63-42(57)23-21-37(30-56)53-47(58)38(24-31-12-6-5-7-13-31)54(4)49(60)52-28-41-43-44(65-51(64-43)26-34-15-9-10-16-35(34)27-51)46(52)66-55(45(52)48(59)62-41)29-36-17-11-8-14-33(36)20-18-32-19-22-39-40(25-32)61-39/h5-18,20,32,37-41,43-46,56H,19,21-30H2,1-4H3,(H,53,58).